The Morgan fingerprint density at radius 2 is 1.67 bits per heavy atom. The molecule has 1 aliphatic carbocycles. The van der Waals surface area contributed by atoms with Crippen molar-refractivity contribution < 1.29 is 62.4 Å². The molecule has 3 aromatic rings. The van der Waals surface area contributed by atoms with Crippen LogP contribution in [0, 0.1) is 29.8 Å². The van der Waals surface area contributed by atoms with Crippen molar-refractivity contribution in [2.24, 2.45) is 0 Å². The Labute approximate surface area is 357 Å². The number of nitrogens with zero attached hydrogens (tertiary/aromatic N) is 4. The molecule has 330 valence electrons. The molecule has 2 fully saturated rings. The number of nitro benzene ring substituents is 1. The lowest BCUT2D eigenvalue weighted by molar-refractivity contribution is -0.384. The number of aromatic nitrogens is 1. The number of amides is 2. The van der Waals surface area contributed by atoms with Crippen LogP contribution in [0.4, 0.5) is 20.6 Å². The predicted octanol–water partition coefficient (Wildman–Crippen LogP) is 4.59. The molecule has 0 bridgehead atoms. The average molecular weight is 897 g/mol. The Morgan fingerprint density at radius 1 is 1.05 bits per heavy atom. The van der Waals surface area contributed by atoms with Gasteiger partial charge in [-0.05, 0) is 58.2 Å². The minimum absolute atomic E-state index is 0.0323. The number of hydrogen-bond acceptors (Lipinski definition) is 14. The zero-order valence-electron chi connectivity index (χ0n) is 33.7. The zero-order chi connectivity index (χ0) is 45.1. The molecule has 22 heteroatoms. The summed E-state index contributed by atoms with van der Waals surface area (Å²) in [6.45, 7) is 4.65. The highest BCUT2D eigenvalue weighted by Crippen LogP contribution is 2.46. The number of rotatable bonds is 16. The highest BCUT2D eigenvalue weighted by Gasteiger charge is 2.38. The highest BCUT2D eigenvalue weighted by atomic mass is 35.5. The molecule has 2 amide bonds. The number of ether oxygens (including phenoxy) is 4. The standard InChI is InChI=1S/C39H44Cl2FN5O14/c1-19-16-44(32-30(42)20(2)28-31(35(32)58-5)46(23-10-11-23)21(3)29(34(28)51)36(52)53)14-15-45(19)38(55)61-18-60-27(49)13-12-26(48)59-17-25(43-37(54)39(4,40)41)33(50)22-6-8-24(9-7-22)47(56)57/h6-9,19,23,25,33,50H,10-18H2,1-5H3,(H,43,54)(H,52,53)/t19?,25-,33-/m1/s1. The van der Waals surface area contributed by atoms with E-state index in [9.17, 15) is 49.1 Å². The Hall–Kier alpha value is -5.73. The normalized spacial score (nSPS) is 16.4. The minimum Gasteiger partial charge on any atom is -0.492 e. The van der Waals surface area contributed by atoms with E-state index in [-0.39, 0.29) is 65.0 Å². The molecule has 0 radical (unpaired) electrons. The van der Waals surface area contributed by atoms with Crippen LogP contribution in [0.2, 0.25) is 0 Å². The maximum absolute atomic E-state index is 16.3. The van der Waals surface area contributed by atoms with Crippen molar-refractivity contribution in [1.29, 1.82) is 0 Å². The lowest BCUT2D eigenvalue weighted by Crippen LogP contribution is -2.54. The van der Waals surface area contributed by atoms with E-state index in [1.807, 2.05) is 0 Å². The maximum atomic E-state index is 16.3. The Morgan fingerprint density at radius 3 is 2.21 bits per heavy atom. The smallest absolute Gasteiger partial charge is 0.413 e. The second-order valence-corrected chi connectivity index (χ2v) is 16.4. The van der Waals surface area contributed by atoms with Gasteiger partial charge in [-0.25, -0.2) is 14.0 Å². The summed E-state index contributed by atoms with van der Waals surface area (Å²) >= 11 is 11.7. The number of alkyl halides is 2. The van der Waals surface area contributed by atoms with Gasteiger partial charge in [-0.1, -0.05) is 23.2 Å². The number of carbonyl (C=O) groups excluding carboxylic acids is 4. The van der Waals surface area contributed by atoms with E-state index in [1.54, 1.807) is 23.3 Å². The number of halogens is 3. The maximum Gasteiger partial charge on any atom is 0.413 e. The Balaban J connectivity index is 1.15. The molecule has 2 aromatic carbocycles. The molecular weight excluding hydrogens is 852 g/mol. The summed E-state index contributed by atoms with van der Waals surface area (Å²) in [5, 5.41) is 34.0. The lowest BCUT2D eigenvalue weighted by atomic mass is 9.99. The van der Waals surface area contributed by atoms with Crippen LogP contribution in [0.5, 0.6) is 5.75 Å². The van der Waals surface area contributed by atoms with E-state index in [0.717, 1.165) is 25.0 Å². The van der Waals surface area contributed by atoms with E-state index in [0.29, 0.717) is 5.52 Å². The number of carboxylic acid groups (broad SMARTS) is 1. The third-order valence-corrected chi connectivity index (χ3v) is 10.8. The molecule has 0 spiro atoms. The topological polar surface area (TPSA) is 246 Å². The largest absolute Gasteiger partial charge is 0.492 e. The number of carbonyl (C=O) groups is 5. The fourth-order valence-electron chi connectivity index (χ4n) is 7.12. The van der Waals surface area contributed by atoms with Crippen molar-refractivity contribution in [3.05, 3.63) is 72.8 Å². The first kappa shape index (κ1) is 46.3. The number of anilines is 1. The number of carboxylic acids is 1. The molecule has 19 nitrogen and oxygen atoms in total. The molecule has 5 rings (SSSR count). The summed E-state index contributed by atoms with van der Waals surface area (Å²) < 4.78 is 37.1. The second kappa shape index (κ2) is 18.9. The SMILES string of the molecule is COc1c(N2CCN(C(=O)OCOC(=O)CCC(=O)OC[C@@H](NC(=O)C(C)(Cl)Cl)[C@H](O)c3ccc([N+](=O)[O-])cc3)C(C)C2)c(F)c(C)c2c(=O)c(C(=O)O)c(C)n(C3CC3)c12. The number of aliphatic hydroxyl groups is 1. The Bertz CT molecular complexity index is 2300. The van der Waals surface area contributed by atoms with Gasteiger partial charge in [0.15, 0.2) is 15.9 Å². The highest BCUT2D eigenvalue weighted by molar-refractivity contribution is 6.57. The number of nitro groups is 1. The minimum atomic E-state index is -1.93. The number of aliphatic hydroxyl groups excluding tert-OH is 1. The van der Waals surface area contributed by atoms with Gasteiger partial charge in [0.05, 0.1) is 41.8 Å². The zero-order valence-corrected chi connectivity index (χ0v) is 35.2. The third kappa shape index (κ3) is 10.3. The molecular formula is C39H44Cl2FN5O14. The van der Waals surface area contributed by atoms with E-state index in [4.69, 9.17) is 42.1 Å². The number of esters is 2. The monoisotopic (exact) mass is 895 g/mol. The molecule has 1 aliphatic heterocycles. The van der Waals surface area contributed by atoms with Crippen molar-refractivity contribution >= 4 is 75.4 Å². The van der Waals surface area contributed by atoms with Gasteiger partial charge in [0, 0.05) is 55.1 Å². The molecule has 2 heterocycles. The van der Waals surface area contributed by atoms with Crippen LogP contribution < -0.4 is 20.4 Å². The molecule has 2 aliphatic rings. The number of non-ortho nitro benzene ring substituents is 1. The van der Waals surface area contributed by atoms with Gasteiger partial charge in [-0.2, -0.15) is 0 Å². The molecule has 1 saturated carbocycles. The molecule has 1 saturated heterocycles. The van der Waals surface area contributed by atoms with Gasteiger partial charge in [0.25, 0.3) is 11.6 Å². The number of nitrogens with one attached hydrogen (secondary N) is 1. The molecule has 61 heavy (non-hydrogen) atoms. The number of benzene rings is 2. The molecule has 1 unspecified atom stereocenters. The quantitative estimate of drug-likeness (QED) is 0.0585. The fraction of sp³-hybridized carbons (Fsp3) is 0.487. The number of aryl methyl sites for hydroxylation is 1. The van der Waals surface area contributed by atoms with Crippen LogP contribution in [-0.4, -0.2) is 111 Å². The number of methoxy groups -OCH3 is 1. The van der Waals surface area contributed by atoms with Crippen LogP contribution in [0.25, 0.3) is 10.9 Å². The van der Waals surface area contributed by atoms with Crippen molar-refractivity contribution in [2.75, 3.05) is 45.0 Å². The van der Waals surface area contributed by atoms with Crippen LogP contribution >= 0.6 is 23.2 Å². The molecule has 3 N–H and O–H groups in total. The first-order chi connectivity index (χ1) is 28.7. The molecule has 1 aromatic heterocycles. The van der Waals surface area contributed by atoms with Gasteiger partial charge >= 0.3 is 24.0 Å². The summed E-state index contributed by atoms with van der Waals surface area (Å²) in [5.41, 5.74) is -0.784. The number of piperazine rings is 1. The van der Waals surface area contributed by atoms with Crippen molar-refractivity contribution in [3.63, 3.8) is 0 Å². The van der Waals surface area contributed by atoms with E-state index >= 15 is 4.39 Å². The number of fused-ring (bicyclic) bond motifs is 1. The van der Waals surface area contributed by atoms with Crippen molar-refractivity contribution in [3.8, 4) is 5.75 Å². The van der Waals surface area contributed by atoms with Gasteiger partial charge in [0.1, 0.15) is 24.0 Å². The summed E-state index contributed by atoms with van der Waals surface area (Å²) in [7, 11) is 1.34. The van der Waals surface area contributed by atoms with Gasteiger partial charge in [-0.3, -0.25) is 29.3 Å². The first-order valence-corrected chi connectivity index (χ1v) is 19.7. The van der Waals surface area contributed by atoms with Gasteiger partial charge < -0.3 is 48.8 Å². The molecule has 3 atom stereocenters. The third-order valence-electron chi connectivity index (χ3n) is 10.4. The van der Waals surface area contributed by atoms with Gasteiger partial charge in [-0.15, -0.1) is 0 Å². The van der Waals surface area contributed by atoms with Crippen LogP contribution in [0.3, 0.4) is 0 Å². The van der Waals surface area contributed by atoms with E-state index < -0.39 is 100 Å². The summed E-state index contributed by atoms with van der Waals surface area (Å²) in [4.78, 5) is 89.4. The van der Waals surface area contributed by atoms with Gasteiger partial charge in [0.2, 0.25) is 12.2 Å². The Kier molecular flexibility index (Phi) is 14.4. The lowest BCUT2D eigenvalue weighted by Gasteiger charge is -2.41. The van der Waals surface area contributed by atoms with Crippen molar-refractivity contribution in [2.45, 2.75) is 81.9 Å². The van der Waals surface area contributed by atoms with Crippen LogP contribution in [0.1, 0.15) is 78.9 Å². The fourth-order valence-corrected chi connectivity index (χ4v) is 7.23. The summed E-state index contributed by atoms with van der Waals surface area (Å²) in [5.74, 6) is -4.90. The number of hydrogen-bond donors (Lipinski definition) is 3. The second-order valence-electron chi connectivity index (χ2n) is 14.7. The first-order valence-electron chi connectivity index (χ1n) is 19.0. The van der Waals surface area contributed by atoms with Crippen LogP contribution in [-0.2, 0) is 28.6 Å². The number of pyridine rings is 1. The van der Waals surface area contributed by atoms with Crippen molar-refractivity contribution in [1.82, 2.24) is 14.8 Å². The summed E-state index contributed by atoms with van der Waals surface area (Å²) in [6.07, 6.45) is -1.90. The summed E-state index contributed by atoms with van der Waals surface area (Å²) in [6, 6.07) is 2.78. The average Bonchev–Trinajstić information content (AvgIpc) is 4.04. The van der Waals surface area contributed by atoms with Crippen LogP contribution in [0.15, 0.2) is 29.1 Å². The van der Waals surface area contributed by atoms with E-state index in [2.05, 4.69) is 5.32 Å². The number of aromatic carboxylic acids is 1. The van der Waals surface area contributed by atoms with E-state index in [1.165, 1.54) is 38.0 Å². The predicted molar refractivity (Wildman–Crippen MR) is 216 cm³/mol.